The Bertz CT molecular complexity index is 1060. The van der Waals surface area contributed by atoms with Gasteiger partial charge in [0.05, 0.1) is 0 Å². The average Bonchev–Trinajstić information content (AvgIpc) is 3.30. The molecule has 0 saturated carbocycles. The third-order valence-electron chi connectivity index (χ3n) is 5.71. The number of aromatic nitrogens is 1. The molecule has 2 aliphatic heterocycles. The lowest BCUT2D eigenvalue weighted by Gasteiger charge is -2.34. The maximum absolute atomic E-state index is 13.0. The second kappa shape index (κ2) is 7.64. The van der Waals surface area contributed by atoms with E-state index in [-0.39, 0.29) is 17.9 Å². The van der Waals surface area contributed by atoms with Gasteiger partial charge in [-0.1, -0.05) is 28.9 Å². The molecule has 2 aromatic rings. The number of H-pyrrole nitrogens is 1. The molecule has 1 aromatic heterocycles. The summed E-state index contributed by atoms with van der Waals surface area (Å²) in [6.07, 6.45) is 4.87. The van der Waals surface area contributed by atoms with Crippen molar-refractivity contribution in [2.75, 3.05) is 6.54 Å². The number of benzene rings is 1. The summed E-state index contributed by atoms with van der Waals surface area (Å²) >= 11 is 0. The summed E-state index contributed by atoms with van der Waals surface area (Å²) in [6, 6.07) is 4.62. The molecular formula is C21H24N6O2. The van der Waals surface area contributed by atoms with Crippen molar-refractivity contribution in [3.05, 3.63) is 51.5 Å². The number of aromatic amines is 1. The zero-order chi connectivity index (χ0) is 20.5. The minimum atomic E-state index is -0.557. The molecule has 2 saturated heterocycles. The van der Waals surface area contributed by atoms with Crippen LogP contribution in [0.1, 0.15) is 37.9 Å². The third kappa shape index (κ3) is 3.59. The van der Waals surface area contributed by atoms with Crippen molar-refractivity contribution in [1.82, 2.24) is 15.2 Å². The molecule has 2 aliphatic rings. The van der Waals surface area contributed by atoms with E-state index < -0.39 is 6.04 Å². The molecule has 8 heteroatoms. The summed E-state index contributed by atoms with van der Waals surface area (Å²) in [5.74, 6) is -0.0521. The molecule has 0 radical (unpaired) electrons. The Kier molecular flexibility index (Phi) is 5.03. The first-order valence-corrected chi connectivity index (χ1v) is 9.90. The number of rotatable bonds is 5. The van der Waals surface area contributed by atoms with Crippen molar-refractivity contribution in [3.8, 4) is 0 Å². The molecule has 8 nitrogen and oxygen atoms in total. The van der Waals surface area contributed by atoms with E-state index in [2.05, 4.69) is 26.4 Å². The van der Waals surface area contributed by atoms with Crippen LogP contribution in [-0.4, -0.2) is 40.3 Å². The monoisotopic (exact) mass is 392 g/mol. The van der Waals surface area contributed by atoms with Gasteiger partial charge in [-0.25, -0.2) is 0 Å². The maximum atomic E-state index is 13.0. The van der Waals surface area contributed by atoms with Gasteiger partial charge in [0.15, 0.2) is 0 Å². The molecule has 150 valence electrons. The molecule has 1 aromatic carbocycles. The van der Waals surface area contributed by atoms with E-state index in [1.807, 2.05) is 26.0 Å². The van der Waals surface area contributed by atoms with Gasteiger partial charge in [0.25, 0.3) is 0 Å². The zero-order valence-corrected chi connectivity index (χ0v) is 16.6. The standard InChI is InChI=1S/C21H24N6O2/c1-12(2)5-8-16-15(14-7-6-13(25-26-22)10-17(14)23-16)11-18-21(29)27-9-3-4-19(27)20(28)24-18/h5-7,10,18-19,23H,3-4,8-9,11H2,1-2H3,(H,24,28)/t18-,19-/m0/s1. The molecule has 2 atom stereocenters. The van der Waals surface area contributed by atoms with Gasteiger partial charge >= 0.3 is 0 Å². The Labute approximate surface area is 168 Å². The topological polar surface area (TPSA) is 114 Å². The predicted octanol–water partition coefficient (Wildman–Crippen LogP) is 3.65. The highest BCUT2D eigenvalue weighted by Gasteiger charge is 2.43. The Morgan fingerprint density at radius 1 is 1.38 bits per heavy atom. The predicted molar refractivity (Wildman–Crippen MR) is 111 cm³/mol. The highest BCUT2D eigenvalue weighted by atomic mass is 16.2. The van der Waals surface area contributed by atoms with E-state index in [1.54, 1.807) is 11.0 Å². The maximum Gasteiger partial charge on any atom is 0.246 e. The third-order valence-corrected chi connectivity index (χ3v) is 5.71. The van der Waals surface area contributed by atoms with Crippen molar-refractivity contribution in [2.45, 2.75) is 51.6 Å². The van der Waals surface area contributed by atoms with Crippen LogP contribution >= 0.6 is 0 Å². The van der Waals surface area contributed by atoms with Gasteiger partial charge in [0, 0.05) is 46.6 Å². The number of hydrogen-bond donors (Lipinski definition) is 2. The van der Waals surface area contributed by atoms with E-state index >= 15 is 0 Å². The van der Waals surface area contributed by atoms with Crippen LogP contribution in [0, 0.1) is 0 Å². The first-order chi connectivity index (χ1) is 14.0. The molecular weight excluding hydrogens is 368 g/mol. The number of piperazine rings is 1. The molecule has 0 unspecified atom stereocenters. The Morgan fingerprint density at radius 3 is 2.97 bits per heavy atom. The Morgan fingerprint density at radius 2 is 2.21 bits per heavy atom. The Balaban J connectivity index is 1.71. The van der Waals surface area contributed by atoms with Crippen LogP contribution in [0.2, 0.25) is 0 Å². The summed E-state index contributed by atoms with van der Waals surface area (Å²) < 4.78 is 0. The minimum Gasteiger partial charge on any atom is -0.358 e. The van der Waals surface area contributed by atoms with Crippen LogP contribution in [-0.2, 0) is 22.4 Å². The van der Waals surface area contributed by atoms with E-state index in [9.17, 15) is 9.59 Å². The highest BCUT2D eigenvalue weighted by Crippen LogP contribution is 2.30. The lowest BCUT2D eigenvalue weighted by Crippen LogP contribution is -2.61. The summed E-state index contributed by atoms with van der Waals surface area (Å²) in [4.78, 5) is 33.4. The molecule has 3 heterocycles. The number of carbonyl (C=O) groups excluding carboxylic acids is 2. The number of nitrogens with one attached hydrogen (secondary N) is 2. The van der Waals surface area contributed by atoms with Gasteiger partial charge in [0.1, 0.15) is 12.1 Å². The molecule has 0 aliphatic carbocycles. The van der Waals surface area contributed by atoms with Crippen LogP contribution in [0.4, 0.5) is 5.69 Å². The molecule has 29 heavy (non-hydrogen) atoms. The molecule has 0 bridgehead atoms. The average molecular weight is 392 g/mol. The molecule has 2 amide bonds. The SMILES string of the molecule is CC(C)=CCc1[nH]c2cc(N=[N+]=[N-])ccc2c1C[C@@H]1NC(=O)[C@@H]2CCCN2C1=O. The number of fused-ring (bicyclic) bond motifs is 2. The van der Waals surface area contributed by atoms with Crippen LogP contribution in [0.3, 0.4) is 0 Å². The van der Waals surface area contributed by atoms with Gasteiger partial charge in [-0.3, -0.25) is 9.59 Å². The summed E-state index contributed by atoms with van der Waals surface area (Å²) in [6.45, 7) is 4.74. The fourth-order valence-corrected chi connectivity index (χ4v) is 4.30. The van der Waals surface area contributed by atoms with E-state index in [0.717, 1.165) is 35.0 Å². The number of nitrogens with zero attached hydrogens (tertiary/aromatic N) is 4. The highest BCUT2D eigenvalue weighted by molar-refractivity contribution is 5.98. The molecule has 2 fully saturated rings. The molecule has 0 spiro atoms. The van der Waals surface area contributed by atoms with Crippen molar-refractivity contribution in [2.24, 2.45) is 5.11 Å². The van der Waals surface area contributed by atoms with Crippen molar-refractivity contribution < 1.29 is 9.59 Å². The van der Waals surface area contributed by atoms with E-state index in [1.165, 1.54) is 5.57 Å². The normalized spacial score (nSPS) is 21.0. The largest absolute Gasteiger partial charge is 0.358 e. The fraction of sp³-hybridized carbons (Fsp3) is 0.429. The lowest BCUT2D eigenvalue weighted by molar-refractivity contribution is -0.146. The van der Waals surface area contributed by atoms with Crippen molar-refractivity contribution >= 4 is 28.4 Å². The van der Waals surface area contributed by atoms with Gasteiger partial charge in [0.2, 0.25) is 11.8 Å². The zero-order valence-electron chi connectivity index (χ0n) is 16.6. The summed E-state index contributed by atoms with van der Waals surface area (Å²) in [5.41, 5.74) is 13.3. The smallest absolute Gasteiger partial charge is 0.246 e. The van der Waals surface area contributed by atoms with E-state index in [0.29, 0.717) is 25.1 Å². The van der Waals surface area contributed by atoms with Gasteiger partial charge in [-0.2, -0.15) is 0 Å². The number of azide groups is 1. The van der Waals surface area contributed by atoms with Gasteiger partial charge in [-0.05, 0) is 43.9 Å². The number of allylic oxidation sites excluding steroid dienone is 2. The number of carbonyl (C=O) groups is 2. The lowest BCUT2D eigenvalue weighted by atomic mass is 9.97. The first-order valence-electron chi connectivity index (χ1n) is 9.90. The summed E-state index contributed by atoms with van der Waals surface area (Å²) in [5, 5.41) is 7.59. The van der Waals surface area contributed by atoms with Crippen molar-refractivity contribution in [3.63, 3.8) is 0 Å². The minimum absolute atomic E-state index is 0.000292. The summed E-state index contributed by atoms with van der Waals surface area (Å²) in [7, 11) is 0. The molecule has 4 rings (SSSR count). The second-order valence-corrected chi connectivity index (χ2v) is 7.94. The van der Waals surface area contributed by atoms with Crippen molar-refractivity contribution in [1.29, 1.82) is 0 Å². The first kappa shape index (κ1) is 19.1. The van der Waals surface area contributed by atoms with E-state index in [4.69, 9.17) is 5.53 Å². The quantitative estimate of drug-likeness (QED) is 0.350. The second-order valence-electron chi connectivity index (χ2n) is 7.94. The van der Waals surface area contributed by atoms with Crippen LogP contribution in [0.25, 0.3) is 21.3 Å². The van der Waals surface area contributed by atoms with Crippen LogP contribution < -0.4 is 5.32 Å². The fourth-order valence-electron chi connectivity index (χ4n) is 4.30. The van der Waals surface area contributed by atoms with Gasteiger partial charge in [-0.15, -0.1) is 0 Å². The van der Waals surface area contributed by atoms with Crippen LogP contribution in [0.15, 0.2) is 35.0 Å². The Hall–Kier alpha value is -3.25. The van der Waals surface area contributed by atoms with Crippen LogP contribution in [0.5, 0.6) is 0 Å². The number of amides is 2. The van der Waals surface area contributed by atoms with Gasteiger partial charge < -0.3 is 15.2 Å². The number of hydrogen-bond acceptors (Lipinski definition) is 3. The molecule has 2 N–H and O–H groups in total.